The van der Waals surface area contributed by atoms with Crippen LogP contribution < -0.4 is 5.32 Å². The van der Waals surface area contributed by atoms with E-state index in [2.05, 4.69) is 84.7 Å². The molecule has 1 atom stereocenters. The second-order valence-corrected chi connectivity index (χ2v) is 11.5. The Labute approximate surface area is 234 Å². The van der Waals surface area contributed by atoms with E-state index in [9.17, 15) is 9.59 Å². The number of thiophene rings is 1. The number of nitrogens with zero attached hydrogens (tertiary/aromatic N) is 2. The summed E-state index contributed by atoms with van der Waals surface area (Å²) in [6.07, 6.45) is 2.66. The number of hydrogen-bond acceptors (Lipinski definition) is 6. The van der Waals surface area contributed by atoms with E-state index in [4.69, 9.17) is 15.2 Å². The summed E-state index contributed by atoms with van der Waals surface area (Å²) in [5.74, 6) is -0.427. The largest absolute Gasteiger partial charge is 0.481 e. The van der Waals surface area contributed by atoms with Crippen LogP contribution in [0.5, 0.6) is 0 Å². The minimum Gasteiger partial charge on any atom is -0.481 e. The highest BCUT2D eigenvalue weighted by molar-refractivity contribution is 7.12. The Morgan fingerprint density at radius 3 is 2.44 bits per heavy atom. The SMILES string of the molecule is CC(C)c1cc2c(s1)Cc1ccccc1N=C2N1CCN[C@@H](CCc2ccccc2)C1.O=C(O)CCC(=O)O. The number of para-hydroxylation sites is 1. The lowest BCUT2D eigenvalue weighted by Gasteiger charge is -2.36. The predicted molar refractivity (Wildman–Crippen MR) is 156 cm³/mol. The van der Waals surface area contributed by atoms with Gasteiger partial charge < -0.3 is 20.4 Å². The molecular weight excluding hydrogens is 510 g/mol. The van der Waals surface area contributed by atoms with E-state index in [1.807, 2.05) is 11.3 Å². The van der Waals surface area contributed by atoms with Crippen LogP contribution in [0.3, 0.4) is 0 Å². The molecule has 39 heavy (non-hydrogen) atoms. The lowest BCUT2D eigenvalue weighted by molar-refractivity contribution is -0.143. The number of carboxylic acids is 2. The molecule has 1 saturated heterocycles. The average Bonchev–Trinajstić information content (AvgIpc) is 3.28. The van der Waals surface area contributed by atoms with Crippen molar-refractivity contribution in [3.05, 3.63) is 87.1 Å². The number of carboxylic acid groups (broad SMARTS) is 2. The molecule has 0 aliphatic carbocycles. The Hall–Kier alpha value is -3.49. The van der Waals surface area contributed by atoms with Crippen LogP contribution in [0.25, 0.3) is 0 Å². The van der Waals surface area contributed by atoms with Gasteiger partial charge in [0.25, 0.3) is 0 Å². The quantitative estimate of drug-likeness (QED) is 0.351. The topological polar surface area (TPSA) is 102 Å². The van der Waals surface area contributed by atoms with Crippen LogP contribution in [0.4, 0.5) is 5.69 Å². The van der Waals surface area contributed by atoms with E-state index in [0.717, 1.165) is 44.6 Å². The highest BCUT2D eigenvalue weighted by atomic mass is 32.1. The van der Waals surface area contributed by atoms with Gasteiger partial charge in [0.05, 0.1) is 18.5 Å². The maximum absolute atomic E-state index is 9.64. The Kier molecular flexibility index (Phi) is 9.90. The van der Waals surface area contributed by atoms with Crippen molar-refractivity contribution in [2.45, 2.75) is 57.9 Å². The normalized spacial score (nSPS) is 16.3. The molecule has 7 nitrogen and oxygen atoms in total. The molecule has 0 saturated carbocycles. The van der Waals surface area contributed by atoms with E-state index < -0.39 is 11.9 Å². The Morgan fingerprint density at radius 2 is 1.74 bits per heavy atom. The first-order chi connectivity index (χ1) is 18.8. The second-order valence-electron chi connectivity index (χ2n) is 10.3. The molecule has 0 bridgehead atoms. The first-order valence-electron chi connectivity index (χ1n) is 13.6. The van der Waals surface area contributed by atoms with E-state index in [1.54, 1.807) is 0 Å². The van der Waals surface area contributed by atoms with Crippen LogP contribution in [-0.4, -0.2) is 58.6 Å². The molecule has 8 heteroatoms. The number of hydrogen-bond donors (Lipinski definition) is 3. The van der Waals surface area contributed by atoms with E-state index in [0.29, 0.717) is 12.0 Å². The van der Waals surface area contributed by atoms with Crippen molar-refractivity contribution in [3.63, 3.8) is 0 Å². The summed E-state index contributed by atoms with van der Waals surface area (Å²) < 4.78 is 0. The first kappa shape index (κ1) is 28.5. The Bertz CT molecular complexity index is 1290. The zero-order valence-electron chi connectivity index (χ0n) is 22.6. The van der Waals surface area contributed by atoms with Gasteiger partial charge in [-0.15, -0.1) is 11.3 Å². The Morgan fingerprint density at radius 1 is 1.05 bits per heavy atom. The van der Waals surface area contributed by atoms with Gasteiger partial charge in [0.15, 0.2) is 0 Å². The molecule has 0 amide bonds. The van der Waals surface area contributed by atoms with Gasteiger partial charge in [0.1, 0.15) is 5.84 Å². The number of amidine groups is 1. The van der Waals surface area contributed by atoms with Gasteiger partial charge in [-0.3, -0.25) is 9.59 Å². The summed E-state index contributed by atoms with van der Waals surface area (Å²) in [5.41, 5.74) is 5.25. The lowest BCUT2D eigenvalue weighted by atomic mass is 10.0. The number of aliphatic carboxylic acids is 2. The number of rotatable bonds is 7. The van der Waals surface area contributed by atoms with Crippen molar-refractivity contribution in [2.24, 2.45) is 4.99 Å². The van der Waals surface area contributed by atoms with Gasteiger partial charge in [-0.05, 0) is 42.0 Å². The summed E-state index contributed by atoms with van der Waals surface area (Å²) in [7, 11) is 0. The van der Waals surface area contributed by atoms with Crippen LogP contribution in [-0.2, 0) is 22.4 Å². The van der Waals surface area contributed by atoms with Gasteiger partial charge in [0, 0.05) is 47.4 Å². The van der Waals surface area contributed by atoms with Crippen LogP contribution in [0, 0.1) is 0 Å². The van der Waals surface area contributed by atoms with Gasteiger partial charge >= 0.3 is 11.9 Å². The van der Waals surface area contributed by atoms with E-state index >= 15 is 0 Å². The zero-order valence-corrected chi connectivity index (χ0v) is 23.4. The number of benzene rings is 2. The molecule has 2 aromatic carbocycles. The average molecular weight is 548 g/mol. The zero-order chi connectivity index (χ0) is 27.8. The molecule has 1 fully saturated rings. The molecule has 0 radical (unpaired) electrons. The summed E-state index contributed by atoms with van der Waals surface area (Å²) in [6, 6.07) is 22.4. The number of piperazine rings is 1. The fraction of sp³-hybridized carbons (Fsp3) is 0.387. The van der Waals surface area contributed by atoms with Crippen molar-refractivity contribution in [1.29, 1.82) is 0 Å². The van der Waals surface area contributed by atoms with Crippen molar-refractivity contribution < 1.29 is 19.8 Å². The summed E-state index contributed by atoms with van der Waals surface area (Å²) in [4.78, 5) is 30.0. The number of aryl methyl sites for hydroxylation is 1. The van der Waals surface area contributed by atoms with Crippen molar-refractivity contribution >= 4 is 34.8 Å². The number of fused-ring (bicyclic) bond motifs is 2. The molecule has 2 aliphatic heterocycles. The summed E-state index contributed by atoms with van der Waals surface area (Å²) >= 11 is 1.97. The lowest BCUT2D eigenvalue weighted by Crippen LogP contribution is -2.52. The van der Waals surface area contributed by atoms with Crippen LogP contribution >= 0.6 is 11.3 Å². The van der Waals surface area contributed by atoms with Crippen molar-refractivity contribution in [3.8, 4) is 0 Å². The van der Waals surface area contributed by atoms with Gasteiger partial charge in [-0.1, -0.05) is 62.4 Å². The summed E-state index contributed by atoms with van der Waals surface area (Å²) in [5, 5.41) is 19.5. The molecule has 3 aromatic rings. The molecule has 3 N–H and O–H groups in total. The molecule has 5 rings (SSSR count). The second kappa shape index (κ2) is 13.5. The molecule has 0 spiro atoms. The smallest absolute Gasteiger partial charge is 0.303 e. The number of nitrogens with one attached hydrogen (secondary N) is 1. The highest BCUT2D eigenvalue weighted by Crippen LogP contribution is 2.36. The fourth-order valence-corrected chi connectivity index (χ4v) is 6.01. The maximum Gasteiger partial charge on any atom is 0.303 e. The van der Waals surface area contributed by atoms with E-state index in [-0.39, 0.29) is 12.8 Å². The molecule has 2 aliphatic rings. The number of carbonyl (C=O) groups is 2. The van der Waals surface area contributed by atoms with Crippen LogP contribution in [0.15, 0.2) is 65.7 Å². The van der Waals surface area contributed by atoms with Crippen LogP contribution in [0.1, 0.15) is 65.5 Å². The van der Waals surface area contributed by atoms with Crippen LogP contribution in [0.2, 0.25) is 0 Å². The molecule has 0 unspecified atom stereocenters. The van der Waals surface area contributed by atoms with Crippen molar-refractivity contribution in [2.75, 3.05) is 19.6 Å². The highest BCUT2D eigenvalue weighted by Gasteiger charge is 2.28. The molecular formula is C31H37N3O4S. The minimum absolute atomic E-state index is 0.296. The van der Waals surface area contributed by atoms with E-state index in [1.165, 1.54) is 32.3 Å². The van der Waals surface area contributed by atoms with Gasteiger partial charge in [-0.2, -0.15) is 0 Å². The van der Waals surface area contributed by atoms with Crippen molar-refractivity contribution in [1.82, 2.24) is 10.2 Å². The first-order valence-corrected chi connectivity index (χ1v) is 14.4. The number of aliphatic imine (C=N–C) groups is 1. The molecule has 1 aromatic heterocycles. The standard InChI is InChI=1S/C27H31N3S.C4H6O4/c1-19(2)25-17-23-26(31-25)16-21-10-6-7-11-24(21)29-27(23)30-15-14-28-22(18-30)13-12-20-8-4-3-5-9-20;5-3(6)1-2-4(7)8/h3-11,17,19,22,28H,12-16,18H2,1-2H3;1-2H2,(H,5,6)(H,7,8)/t22-;/m0./s1. The molecule has 206 valence electrons. The molecule has 3 heterocycles. The minimum atomic E-state index is -1.08. The monoisotopic (exact) mass is 547 g/mol. The Balaban J connectivity index is 0.000000386. The predicted octanol–water partition coefficient (Wildman–Crippen LogP) is 5.70. The van der Waals surface area contributed by atoms with Gasteiger partial charge in [0.2, 0.25) is 0 Å². The third-order valence-corrected chi connectivity index (χ3v) is 8.37. The third-order valence-electron chi connectivity index (χ3n) is 6.94. The van der Waals surface area contributed by atoms with Gasteiger partial charge in [-0.25, -0.2) is 4.99 Å². The fourth-order valence-electron chi connectivity index (χ4n) is 4.82. The summed E-state index contributed by atoms with van der Waals surface area (Å²) in [6.45, 7) is 7.62. The third kappa shape index (κ3) is 8.00. The maximum atomic E-state index is 9.64.